The predicted molar refractivity (Wildman–Crippen MR) is 80.1 cm³/mol. The van der Waals surface area contributed by atoms with E-state index in [1.54, 1.807) is 12.1 Å². The number of rotatable bonds is 6. The first kappa shape index (κ1) is 18.1. The molecule has 0 aliphatic carbocycles. The quantitative estimate of drug-likeness (QED) is 0.748. The average Bonchev–Trinajstić information content (AvgIpc) is 2.28. The lowest BCUT2D eigenvalue weighted by atomic mass is 10.4. The monoisotopic (exact) mass is 376 g/mol. The summed E-state index contributed by atoms with van der Waals surface area (Å²) in [5, 5.41) is 3.24. The summed E-state index contributed by atoms with van der Waals surface area (Å²) in [5.41, 5.74) is 0. The molecular weight excluding hydrogens is 363 g/mol. The molecule has 8 heteroatoms. The Morgan fingerprint density at radius 3 is 2.61 bits per heavy atom. The van der Waals surface area contributed by atoms with E-state index in [2.05, 4.69) is 26.0 Å². The van der Waals surface area contributed by atoms with Crippen molar-refractivity contribution in [3.63, 3.8) is 0 Å². The average molecular weight is 378 g/mol. The molecule has 0 unspecified atom stereocenters. The van der Waals surface area contributed by atoms with Crippen LogP contribution in [0.1, 0.15) is 6.92 Å². The molecule has 0 saturated heterocycles. The molecule has 0 heterocycles. The zero-order valence-electron chi connectivity index (χ0n) is 9.74. The highest BCUT2D eigenvalue weighted by Crippen LogP contribution is 2.24. The summed E-state index contributed by atoms with van der Waals surface area (Å²) < 4.78 is 27.0. The van der Waals surface area contributed by atoms with E-state index < -0.39 is 10.0 Å². The van der Waals surface area contributed by atoms with Gasteiger partial charge in [0.1, 0.15) is 4.90 Å². The molecule has 104 valence electrons. The Hall–Kier alpha value is 0.150. The van der Waals surface area contributed by atoms with Crippen molar-refractivity contribution in [3.05, 3.63) is 27.7 Å². The van der Waals surface area contributed by atoms with Crippen LogP contribution in [-0.2, 0) is 10.0 Å². The van der Waals surface area contributed by atoms with Crippen LogP contribution in [0, 0.1) is 0 Å². The molecule has 1 aromatic carbocycles. The molecule has 0 radical (unpaired) electrons. The van der Waals surface area contributed by atoms with Gasteiger partial charge in [0.2, 0.25) is 10.0 Å². The lowest BCUT2D eigenvalue weighted by Gasteiger charge is -2.08. The van der Waals surface area contributed by atoms with E-state index in [1.807, 2.05) is 6.92 Å². The van der Waals surface area contributed by atoms with Crippen molar-refractivity contribution in [2.24, 2.45) is 0 Å². The number of hydrogen-bond donors (Lipinski definition) is 2. The lowest BCUT2D eigenvalue weighted by molar-refractivity contribution is 0.577. The molecule has 0 fully saturated rings. The second kappa shape index (κ2) is 8.35. The molecule has 0 aliphatic rings. The molecule has 0 spiro atoms. The molecule has 0 saturated carbocycles. The number of hydrogen-bond acceptors (Lipinski definition) is 3. The minimum atomic E-state index is -3.55. The van der Waals surface area contributed by atoms with E-state index >= 15 is 0 Å². The van der Waals surface area contributed by atoms with Crippen molar-refractivity contribution in [3.8, 4) is 0 Å². The number of sulfonamides is 1. The summed E-state index contributed by atoms with van der Waals surface area (Å²) in [6, 6.07) is 4.72. The first-order valence-corrected chi connectivity index (χ1v) is 7.78. The Morgan fingerprint density at radius 2 is 2.00 bits per heavy atom. The molecular formula is C10H15BrCl2N2O2S. The van der Waals surface area contributed by atoms with E-state index in [9.17, 15) is 8.42 Å². The van der Waals surface area contributed by atoms with Gasteiger partial charge in [-0.15, -0.1) is 12.4 Å². The van der Waals surface area contributed by atoms with Crippen molar-refractivity contribution in [2.45, 2.75) is 11.8 Å². The van der Waals surface area contributed by atoms with E-state index in [1.165, 1.54) is 6.07 Å². The second-order valence-electron chi connectivity index (χ2n) is 3.33. The van der Waals surface area contributed by atoms with Crippen LogP contribution in [0.2, 0.25) is 5.02 Å². The maximum atomic E-state index is 11.9. The molecule has 0 aliphatic heterocycles. The van der Waals surface area contributed by atoms with E-state index in [0.29, 0.717) is 17.6 Å². The largest absolute Gasteiger partial charge is 0.316 e. The van der Waals surface area contributed by atoms with Gasteiger partial charge in [0, 0.05) is 17.6 Å². The first-order valence-electron chi connectivity index (χ1n) is 5.13. The summed E-state index contributed by atoms with van der Waals surface area (Å²) in [4.78, 5) is 0.0880. The summed E-state index contributed by atoms with van der Waals surface area (Å²) in [7, 11) is -3.55. The number of halogens is 3. The molecule has 4 nitrogen and oxygen atoms in total. The van der Waals surface area contributed by atoms with Crippen LogP contribution in [0.5, 0.6) is 0 Å². The Morgan fingerprint density at radius 1 is 1.33 bits per heavy atom. The summed E-state index contributed by atoms with van der Waals surface area (Å²) in [6.45, 7) is 3.68. The third kappa shape index (κ3) is 5.42. The third-order valence-electron chi connectivity index (χ3n) is 2.03. The minimum absolute atomic E-state index is 0. The van der Waals surface area contributed by atoms with E-state index in [0.717, 1.165) is 6.54 Å². The summed E-state index contributed by atoms with van der Waals surface area (Å²) in [5.74, 6) is 0. The van der Waals surface area contributed by atoms with Gasteiger partial charge in [-0.05, 0) is 24.7 Å². The Bertz CT molecular complexity index is 483. The van der Waals surface area contributed by atoms with Crippen LogP contribution in [0.4, 0.5) is 0 Å². The topological polar surface area (TPSA) is 58.2 Å². The molecule has 0 amide bonds. The fourth-order valence-corrected chi connectivity index (χ4v) is 3.28. The summed E-state index contributed by atoms with van der Waals surface area (Å²) in [6.07, 6.45) is 0. The van der Waals surface area contributed by atoms with Gasteiger partial charge in [-0.2, -0.15) is 0 Å². The lowest BCUT2D eigenvalue weighted by Crippen LogP contribution is -2.31. The third-order valence-corrected chi connectivity index (χ3v) is 4.46. The van der Waals surface area contributed by atoms with Crippen LogP contribution in [0.3, 0.4) is 0 Å². The first-order chi connectivity index (χ1) is 7.97. The number of benzene rings is 1. The molecule has 1 rings (SSSR count). The fourth-order valence-electron chi connectivity index (χ4n) is 1.21. The highest BCUT2D eigenvalue weighted by Gasteiger charge is 2.17. The smallest absolute Gasteiger partial charge is 0.242 e. The molecule has 0 bridgehead atoms. The Kier molecular flexibility index (Phi) is 8.42. The summed E-state index contributed by atoms with van der Waals surface area (Å²) >= 11 is 9.08. The van der Waals surface area contributed by atoms with Crippen LogP contribution >= 0.6 is 39.9 Å². The van der Waals surface area contributed by atoms with Gasteiger partial charge < -0.3 is 5.32 Å². The maximum absolute atomic E-state index is 11.9. The Balaban J connectivity index is 0.00000289. The van der Waals surface area contributed by atoms with Crippen molar-refractivity contribution >= 4 is 50.0 Å². The van der Waals surface area contributed by atoms with E-state index in [4.69, 9.17) is 11.6 Å². The van der Waals surface area contributed by atoms with Crippen molar-refractivity contribution in [2.75, 3.05) is 19.6 Å². The van der Waals surface area contributed by atoms with Crippen LogP contribution in [-0.4, -0.2) is 28.1 Å². The zero-order valence-corrected chi connectivity index (χ0v) is 13.7. The van der Waals surface area contributed by atoms with Gasteiger partial charge in [-0.25, -0.2) is 13.1 Å². The predicted octanol–water partition coefficient (Wildman–Crippen LogP) is 2.41. The van der Waals surface area contributed by atoms with Gasteiger partial charge >= 0.3 is 0 Å². The molecule has 1 aromatic rings. The van der Waals surface area contributed by atoms with Crippen LogP contribution in [0.25, 0.3) is 0 Å². The fraction of sp³-hybridized carbons (Fsp3) is 0.400. The maximum Gasteiger partial charge on any atom is 0.242 e. The Labute approximate surface area is 127 Å². The van der Waals surface area contributed by atoms with Gasteiger partial charge in [-0.1, -0.05) is 34.5 Å². The van der Waals surface area contributed by atoms with Gasteiger partial charge in [-0.3, -0.25) is 0 Å². The number of nitrogens with one attached hydrogen (secondary N) is 2. The number of likely N-dealkylation sites (N-methyl/N-ethyl adjacent to an activating group) is 1. The van der Waals surface area contributed by atoms with Crippen molar-refractivity contribution in [1.29, 1.82) is 0 Å². The molecule has 0 aromatic heterocycles. The highest BCUT2D eigenvalue weighted by molar-refractivity contribution is 9.10. The molecule has 2 N–H and O–H groups in total. The van der Waals surface area contributed by atoms with Crippen LogP contribution < -0.4 is 10.0 Å². The molecule has 0 atom stereocenters. The molecule has 18 heavy (non-hydrogen) atoms. The SMILES string of the molecule is CCNCCNS(=O)(=O)c1cc(Br)ccc1Cl.Cl. The second-order valence-corrected chi connectivity index (χ2v) is 6.38. The van der Waals surface area contributed by atoms with Crippen molar-refractivity contribution < 1.29 is 8.42 Å². The van der Waals surface area contributed by atoms with Gasteiger partial charge in [0.25, 0.3) is 0 Å². The minimum Gasteiger partial charge on any atom is -0.316 e. The highest BCUT2D eigenvalue weighted by atomic mass is 79.9. The van der Waals surface area contributed by atoms with Crippen LogP contribution in [0.15, 0.2) is 27.6 Å². The van der Waals surface area contributed by atoms with Gasteiger partial charge in [0.05, 0.1) is 5.02 Å². The van der Waals surface area contributed by atoms with E-state index in [-0.39, 0.29) is 22.3 Å². The standard InChI is InChI=1S/C10H14BrClN2O2S.ClH/c1-2-13-5-6-14-17(15,16)10-7-8(11)3-4-9(10)12;/h3-4,7,13-14H,2,5-6H2,1H3;1H. The van der Waals surface area contributed by atoms with Crippen molar-refractivity contribution in [1.82, 2.24) is 10.0 Å². The zero-order chi connectivity index (χ0) is 12.9. The van der Waals surface area contributed by atoms with Gasteiger partial charge in [0.15, 0.2) is 0 Å². The normalized spacial score (nSPS) is 11.1.